The summed E-state index contributed by atoms with van der Waals surface area (Å²) < 4.78 is 17.0. The molecular weight excluding hydrogens is 524 g/mol. The summed E-state index contributed by atoms with van der Waals surface area (Å²) in [5.41, 5.74) is 2.40. The number of amides is 1. The van der Waals surface area contributed by atoms with E-state index in [0.717, 1.165) is 87.6 Å². The van der Waals surface area contributed by atoms with Gasteiger partial charge in [-0.25, -0.2) is 4.79 Å². The van der Waals surface area contributed by atoms with E-state index in [1.165, 1.54) is 51.4 Å². The molecule has 0 aromatic rings. The fraction of sp³-hybridized carbons (Fsp3) is 0.917. The number of carbonyl (C=O) groups excluding carboxylic acids is 1. The Morgan fingerprint density at radius 3 is 2.64 bits per heavy atom. The van der Waals surface area contributed by atoms with E-state index in [-0.39, 0.29) is 17.6 Å². The maximum Gasteiger partial charge on any atom is 0.407 e. The summed E-state index contributed by atoms with van der Waals surface area (Å²) in [5, 5.41) is 2.92. The Balaban J connectivity index is 1.07. The standard InChI is InChI=1S/C36H62N2O4/c1-26(2)7-6-8-27(3)31-11-12-32-30-10-9-28-25-29(13-15-35(28,4)33(30)14-16-36(31,32)5)42-34(39)37-17-21-40-22-18-38-19-23-41-24-20-38/h9,26-27,29-33H,6-8,10-25H2,1-5H3,(H,37,39)/t27-,29+,30+,31-,32+,33+,35+,36-/m1/s1. The quantitative estimate of drug-likeness (QED) is 0.190. The summed E-state index contributed by atoms with van der Waals surface area (Å²) in [4.78, 5) is 14.9. The van der Waals surface area contributed by atoms with Crippen molar-refractivity contribution in [3.8, 4) is 0 Å². The van der Waals surface area contributed by atoms with Gasteiger partial charge in [-0.1, -0.05) is 65.5 Å². The minimum atomic E-state index is -0.289. The van der Waals surface area contributed by atoms with Gasteiger partial charge in [-0.2, -0.15) is 0 Å². The summed E-state index contributed by atoms with van der Waals surface area (Å²) in [5.74, 6) is 5.13. The van der Waals surface area contributed by atoms with Gasteiger partial charge in [-0.3, -0.25) is 4.90 Å². The van der Waals surface area contributed by atoms with Crippen molar-refractivity contribution in [1.29, 1.82) is 0 Å². The molecule has 5 aliphatic rings. The highest BCUT2D eigenvalue weighted by molar-refractivity contribution is 5.67. The third kappa shape index (κ3) is 7.23. The monoisotopic (exact) mass is 586 g/mol. The molecule has 1 heterocycles. The van der Waals surface area contributed by atoms with E-state index in [0.29, 0.717) is 25.2 Å². The lowest BCUT2D eigenvalue weighted by molar-refractivity contribution is -0.0581. The van der Waals surface area contributed by atoms with Crippen molar-refractivity contribution in [2.45, 2.75) is 111 Å². The zero-order valence-corrected chi connectivity index (χ0v) is 27.6. The second kappa shape index (κ2) is 14.3. The van der Waals surface area contributed by atoms with Crippen LogP contribution in [0.3, 0.4) is 0 Å². The van der Waals surface area contributed by atoms with Crippen LogP contribution in [0.25, 0.3) is 0 Å². The van der Waals surface area contributed by atoms with Crippen molar-refractivity contribution < 1.29 is 19.0 Å². The van der Waals surface area contributed by atoms with E-state index < -0.39 is 0 Å². The van der Waals surface area contributed by atoms with Gasteiger partial charge in [-0.05, 0) is 91.3 Å². The first-order valence-electron chi connectivity index (χ1n) is 17.7. The molecule has 4 fully saturated rings. The van der Waals surface area contributed by atoms with E-state index in [2.05, 4.69) is 50.9 Å². The maximum absolute atomic E-state index is 12.6. The Bertz CT molecular complexity index is 916. The molecule has 0 aromatic heterocycles. The average molecular weight is 587 g/mol. The topological polar surface area (TPSA) is 60.0 Å². The normalized spacial score (nSPS) is 37.4. The van der Waals surface area contributed by atoms with Gasteiger partial charge in [-0.15, -0.1) is 0 Å². The number of morpholine rings is 1. The Morgan fingerprint density at radius 2 is 1.86 bits per heavy atom. The van der Waals surface area contributed by atoms with Crippen molar-refractivity contribution in [2.75, 3.05) is 52.6 Å². The highest BCUT2D eigenvalue weighted by Gasteiger charge is 2.59. The van der Waals surface area contributed by atoms with Crippen LogP contribution in [-0.4, -0.2) is 69.7 Å². The van der Waals surface area contributed by atoms with Crippen LogP contribution in [0.2, 0.25) is 0 Å². The summed E-state index contributed by atoms with van der Waals surface area (Å²) in [6.45, 7) is 18.7. The molecule has 0 spiro atoms. The van der Waals surface area contributed by atoms with Gasteiger partial charge in [0.25, 0.3) is 0 Å². The minimum absolute atomic E-state index is 0.000445. The lowest BCUT2D eigenvalue weighted by Gasteiger charge is -2.58. The van der Waals surface area contributed by atoms with Crippen LogP contribution in [0.5, 0.6) is 0 Å². The summed E-state index contributed by atoms with van der Waals surface area (Å²) in [6, 6.07) is 0. The van der Waals surface area contributed by atoms with E-state index in [1.54, 1.807) is 5.57 Å². The maximum atomic E-state index is 12.6. The second-order valence-electron chi connectivity index (χ2n) is 15.6. The number of carbonyl (C=O) groups is 1. The van der Waals surface area contributed by atoms with E-state index in [4.69, 9.17) is 14.2 Å². The zero-order chi connectivity index (χ0) is 29.7. The molecule has 0 bridgehead atoms. The molecule has 1 N–H and O–H groups in total. The highest BCUT2D eigenvalue weighted by Crippen LogP contribution is 2.67. The molecule has 5 rings (SSSR count). The first-order valence-corrected chi connectivity index (χ1v) is 17.7. The van der Waals surface area contributed by atoms with Crippen LogP contribution in [0, 0.1) is 46.3 Å². The first-order chi connectivity index (χ1) is 20.2. The first kappa shape index (κ1) is 32.3. The molecule has 3 saturated carbocycles. The third-order valence-electron chi connectivity index (χ3n) is 12.7. The number of ether oxygens (including phenoxy) is 3. The van der Waals surface area contributed by atoms with Crippen molar-refractivity contribution in [1.82, 2.24) is 10.2 Å². The molecule has 0 unspecified atom stereocenters. The molecule has 1 saturated heterocycles. The number of hydrogen-bond donors (Lipinski definition) is 1. The molecule has 6 nitrogen and oxygen atoms in total. The molecule has 8 atom stereocenters. The number of hydrogen-bond acceptors (Lipinski definition) is 5. The Hall–Kier alpha value is -1.11. The third-order valence-corrected chi connectivity index (χ3v) is 12.7. The highest BCUT2D eigenvalue weighted by atomic mass is 16.6. The molecule has 4 aliphatic carbocycles. The lowest BCUT2D eigenvalue weighted by atomic mass is 9.47. The minimum Gasteiger partial charge on any atom is -0.446 e. The van der Waals surface area contributed by atoms with E-state index in [9.17, 15) is 4.79 Å². The predicted molar refractivity (Wildman–Crippen MR) is 169 cm³/mol. The van der Waals surface area contributed by atoms with Crippen molar-refractivity contribution in [3.63, 3.8) is 0 Å². The van der Waals surface area contributed by atoms with Crippen LogP contribution in [0.15, 0.2) is 11.6 Å². The number of allylic oxidation sites excluding steroid dienone is 1. The van der Waals surface area contributed by atoms with Crippen molar-refractivity contribution in [3.05, 3.63) is 11.6 Å². The smallest absolute Gasteiger partial charge is 0.407 e. The predicted octanol–water partition coefficient (Wildman–Crippen LogP) is 7.47. The zero-order valence-electron chi connectivity index (χ0n) is 27.6. The van der Waals surface area contributed by atoms with Gasteiger partial charge in [0.2, 0.25) is 0 Å². The van der Waals surface area contributed by atoms with Gasteiger partial charge in [0.15, 0.2) is 0 Å². The van der Waals surface area contributed by atoms with Crippen LogP contribution in [-0.2, 0) is 14.2 Å². The largest absolute Gasteiger partial charge is 0.446 e. The van der Waals surface area contributed by atoms with Crippen LogP contribution in [0.1, 0.15) is 105 Å². The molecule has 1 aliphatic heterocycles. The molecule has 6 heteroatoms. The molecule has 0 radical (unpaired) electrons. The number of rotatable bonds is 12. The van der Waals surface area contributed by atoms with Crippen LogP contribution in [0.4, 0.5) is 4.79 Å². The Kier molecular flexibility index (Phi) is 11.0. The number of nitrogens with zero attached hydrogens (tertiary/aromatic N) is 1. The van der Waals surface area contributed by atoms with Gasteiger partial charge in [0.05, 0.1) is 26.4 Å². The summed E-state index contributed by atoms with van der Waals surface area (Å²) >= 11 is 0. The summed E-state index contributed by atoms with van der Waals surface area (Å²) in [7, 11) is 0. The Morgan fingerprint density at radius 1 is 1.05 bits per heavy atom. The summed E-state index contributed by atoms with van der Waals surface area (Å²) in [6.07, 6.45) is 16.5. The van der Waals surface area contributed by atoms with E-state index in [1.807, 2.05) is 0 Å². The van der Waals surface area contributed by atoms with Crippen molar-refractivity contribution >= 4 is 6.09 Å². The SMILES string of the molecule is CC(C)CCC[C@@H](C)[C@H]1CC[C@H]2[C@@H]3CC=C4C[C@@H](OC(=O)NCCOCCN5CCOCC5)CC[C@]4(C)[C@H]3CC[C@]12C. The lowest BCUT2D eigenvalue weighted by Crippen LogP contribution is -2.51. The Labute approximate surface area is 257 Å². The van der Waals surface area contributed by atoms with Crippen molar-refractivity contribution in [2.24, 2.45) is 46.3 Å². The molecular formula is C36H62N2O4. The molecule has 240 valence electrons. The van der Waals surface area contributed by atoms with Gasteiger partial charge >= 0.3 is 6.09 Å². The van der Waals surface area contributed by atoms with Crippen LogP contribution < -0.4 is 5.32 Å². The number of alkyl carbamates (subject to hydrolysis) is 1. The fourth-order valence-electron chi connectivity index (χ4n) is 10.3. The van der Waals surface area contributed by atoms with Gasteiger partial charge < -0.3 is 19.5 Å². The average Bonchev–Trinajstić information content (AvgIpc) is 3.33. The molecule has 42 heavy (non-hydrogen) atoms. The number of nitrogens with one attached hydrogen (secondary N) is 1. The number of fused-ring (bicyclic) bond motifs is 5. The molecule has 1 amide bonds. The fourth-order valence-corrected chi connectivity index (χ4v) is 10.3. The second-order valence-corrected chi connectivity index (χ2v) is 15.6. The van der Waals surface area contributed by atoms with Crippen LogP contribution >= 0.6 is 0 Å². The van der Waals surface area contributed by atoms with E-state index >= 15 is 0 Å². The van der Waals surface area contributed by atoms with Gasteiger partial charge in [0, 0.05) is 32.6 Å². The molecule has 0 aromatic carbocycles. The van der Waals surface area contributed by atoms with Gasteiger partial charge in [0.1, 0.15) is 6.10 Å².